The number of quaternary nitrogens is 1. The molecule has 0 heterocycles. The fourth-order valence-electron chi connectivity index (χ4n) is 1.77. The molecule has 0 fully saturated rings. The summed E-state index contributed by atoms with van der Waals surface area (Å²) in [6.45, 7) is 7.11. The Bertz CT molecular complexity index is 268. The molecule has 2 unspecified atom stereocenters. The van der Waals surface area contributed by atoms with Crippen LogP contribution < -0.4 is 10.8 Å². The number of carbonyl (C=O) groups is 1. The van der Waals surface area contributed by atoms with Crippen molar-refractivity contribution in [2.75, 3.05) is 21.1 Å². The fraction of sp³-hybridized carbons (Fsp3) is 0.545. The summed E-state index contributed by atoms with van der Waals surface area (Å²) < 4.78 is 0.161. The minimum atomic E-state index is -1.22. The predicted octanol–water partition coefficient (Wildman–Crippen LogP) is -0.729. The van der Waals surface area contributed by atoms with E-state index in [2.05, 4.69) is 13.2 Å². The Morgan fingerprint density at radius 3 is 2.20 bits per heavy atom. The molecular formula is C11H20N2O2. The van der Waals surface area contributed by atoms with Gasteiger partial charge in [0.05, 0.1) is 27.2 Å². The highest BCUT2D eigenvalue weighted by Crippen LogP contribution is 2.27. The molecule has 0 aliphatic heterocycles. The fourth-order valence-corrected chi connectivity index (χ4v) is 1.77. The number of likely N-dealkylation sites (N-methyl/N-ethyl adjacent to an activating group) is 1. The van der Waals surface area contributed by atoms with Crippen LogP contribution in [0.25, 0.3) is 0 Å². The first kappa shape index (κ1) is 13.9. The van der Waals surface area contributed by atoms with Crippen molar-refractivity contribution in [3.63, 3.8) is 0 Å². The minimum absolute atomic E-state index is 0.161. The normalized spacial score (nSPS) is 17.6. The van der Waals surface area contributed by atoms with Gasteiger partial charge in [0.15, 0.2) is 5.54 Å². The van der Waals surface area contributed by atoms with E-state index in [0.717, 1.165) is 0 Å². The molecule has 0 saturated carbocycles. The van der Waals surface area contributed by atoms with Gasteiger partial charge in [-0.15, -0.1) is 13.2 Å². The van der Waals surface area contributed by atoms with Crippen molar-refractivity contribution >= 4 is 5.97 Å². The molecule has 0 saturated heterocycles. The van der Waals surface area contributed by atoms with Crippen LogP contribution >= 0.6 is 0 Å². The molecule has 86 valence electrons. The maximum atomic E-state index is 11.4. The third-order valence-corrected chi connectivity index (χ3v) is 2.81. The number of nitrogens with two attached hydrogens (primary N) is 1. The van der Waals surface area contributed by atoms with Crippen LogP contribution in [0.4, 0.5) is 0 Å². The predicted molar refractivity (Wildman–Crippen MR) is 58.8 cm³/mol. The molecule has 4 nitrogen and oxygen atoms in total. The zero-order valence-electron chi connectivity index (χ0n) is 9.69. The van der Waals surface area contributed by atoms with Gasteiger partial charge in [0.2, 0.25) is 0 Å². The number of hydrogen-bond donors (Lipinski definition) is 1. The van der Waals surface area contributed by atoms with Crippen LogP contribution in [0.2, 0.25) is 0 Å². The Morgan fingerprint density at radius 1 is 1.53 bits per heavy atom. The highest BCUT2D eigenvalue weighted by molar-refractivity contribution is 5.77. The molecule has 0 aliphatic rings. The zero-order valence-corrected chi connectivity index (χ0v) is 9.69. The first-order chi connectivity index (χ1) is 6.74. The molecule has 0 aromatic heterocycles. The number of carboxylic acid groups (broad SMARTS) is 1. The summed E-state index contributed by atoms with van der Waals surface area (Å²) in [7, 11) is 5.30. The van der Waals surface area contributed by atoms with E-state index in [4.69, 9.17) is 5.73 Å². The average molecular weight is 212 g/mol. The van der Waals surface area contributed by atoms with Crippen LogP contribution in [-0.2, 0) is 4.79 Å². The monoisotopic (exact) mass is 212 g/mol. The number of carbonyl (C=O) groups excluding carboxylic acids is 1. The second kappa shape index (κ2) is 4.59. The number of aliphatic carboxylic acids is 1. The largest absolute Gasteiger partial charge is 0.544 e. The molecule has 15 heavy (non-hydrogen) atoms. The molecule has 0 aromatic rings. The van der Waals surface area contributed by atoms with Crippen molar-refractivity contribution in [2.24, 2.45) is 5.73 Å². The van der Waals surface area contributed by atoms with Crippen LogP contribution in [0.3, 0.4) is 0 Å². The van der Waals surface area contributed by atoms with Gasteiger partial charge in [-0.05, 0) is 0 Å². The second-order valence-corrected chi connectivity index (χ2v) is 4.48. The van der Waals surface area contributed by atoms with Crippen LogP contribution in [0.1, 0.15) is 6.42 Å². The summed E-state index contributed by atoms with van der Waals surface area (Å²) in [5.41, 5.74) is 4.60. The molecular weight excluding hydrogens is 192 g/mol. The van der Waals surface area contributed by atoms with Crippen molar-refractivity contribution in [2.45, 2.75) is 18.0 Å². The third kappa shape index (κ3) is 2.27. The SMILES string of the molecule is C=CCC(C(=O)[O-])(C(N)C=C)[N+](C)(C)C. The minimum Gasteiger partial charge on any atom is -0.544 e. The lowest BCUT2D eigenvalue weighted by atomic mass is 9.83. The van der Waals surface area contributed by atoms with Gasteiger partial charge in [0, 0.05) is 6.42 Å². The Hall–Kier alpha value is -1.13. The Morgan fingerprint density at radius 2 is 2.00 bits per heavy atom. The standard InChI is InChI=1S/C11H20N2O2/c1-6-8-11(10(14)15,9(12)7-2)13(3,4)5/h6-7,9H,1-2,8,12H2,3-5H3. The summed E-state index contributed by atoms with van der Waals surface area (Å²) in [5.74, 6) is -1.18. The topological polar surface area (TPSA) is 66.1 Å². The summed E-state index contributed by atoms with van der Waals surface area (Å²) in [6.07, 6.45) is 3.22. The van der Waals surface area contributed by atoms with Gasteiger partial charge >= 0.3 is 0 Å². The number of hydrogen-bond acceptors (Lipinski definition) is 3. The van der Waals surface area contributed by atoms with Crippen LogP contribution in [0.15, 0.2) is 25.3 Å². The summed E-state index contributed by atoms with van der Waals surface area (Å²) in [5, 5.41) is 11.4. The molecule has 0 aromatic carbocycles. The zero-order chi connectivity index (χ0) is 12.3. The quantitative estimate of drug-likeness (QED) is 0.466. The van der Waals surface area contributed by atoms with Crippen molar-refractivity contribution in [3.05, 3.63) is 25.3 Å². The smallest absolute Gasteiger partial charge is 0.161 e. The van der Waals surface area contributed by atoms with E-state index < -0.39 is 17.6 Å². The summed E-state index contributed by atoms with van der Waals surface area (Å²) >= 11 is 0. The molecule has 0 radical (unpaired) electrons. The highest BCUT2D eigenvalue weighted by Gasteiger charge is 2.47. The molecule has 2 atom stereocenters. The van der Waals surface area contributed by atoms with E-state index in [1.807, 2.05) is 0 Å². The lowest BCUT2D eigenvalue weighted by Crippen LogP contribution is -2.73. The number of carboxylic acids is 1. The lowest BCUT2D eigenvalue weighted by Gasteiger charge is -2.48. The maximum Gasteiger partial charge on any atom is 0.161 e. The van der Waals surface area contributed by atoms with Crippen LogP contribution in [0, 0.1) is 0 Å². The van der Waals surface area contributed by atoms with E-state index in [1.54, 1.807) is 27.2 Å². The third-order valence-electron chi connectivity index (χ3n) is 2.81. The Labute approximate surface area is 91.3 Å². The molecule has 0 aliphatic carbocycles. The van der Waals surface area contributed by atoms with Crippen LogP contribution in [-0.4, -0.2) is 43.2 Å². The Balaban J connectivity index is 5.56. The summed E-state index contributed by atoms with van der Waals surface area (Å²) in [4.78, 5) is 11.4. The van der Waals surface area contributed by atoms with E-state index in [9.17, 15) is 9.90 Å². The van der Waals surface area contributed by atoms with Crippen LogP contribution in [0.5, 0.6) is 0 Å². The molecule has 0 rings (SSSR count). The first-order valence-corrected chi connectivity index (χ1v) is 4.76. The van der Waals surface area contributed by atoms with E-state index in [0.29, 0.717) is 0 Å². The van der Waals surface area contributed by atoms with Crippen molar-refractivity contribution in [1.29, 1.82) is 0 Å². The van der Waals surface area contributed by atoms with Gasteiger partial charge in [-0.25, -0.2) is 0 Å². The average Bonchev–Trinajstić information content (AvgIpc) is 2.10. The molecule has 0 amide bonds. The highest BCUT2D eigenvalue weighted by atomic mass is 16.4. The van der Waals surface area contributed by atoms with Gasteiger partial charge in [0.25, 0.3) is 0 Å². The molecule has 4 heteroatoms. The lowest BCUT2D eigenvalue weighted by molar-refractivity contribution is -0.916. The van der Waals surface area contributed by atoms with Crippen molar-refractivity contribution in [1.82, 2.24) is 0 Å². The molecule has 2 N–H and O–H groups in total. The number of rotatable bonds is 6. The van der Waals surface area contributed by atoms with Gasteiger partial charge in [-0.1, -0.05) is 12.2 Å². The van der Waals surface area contributed by atoms with Gasteiger partial charge in [-0.2, -0.15) is 0 Å². The van der Waals surface area contributed by atoms with Crippen molar-refractivity contribution < 1.29 is 14.4 Å². The first-order valence-electron chi connectivity index (χ1n) is 4.76. The van der Waals surface area contributed by atoms with E-state index in [-0.39, 0.29) is 10.9 Å². The maximum absolute atomic E-state index is 11.4. The van der Waals surface area contributed by atoms with E-state index >= 15 is 0 Å². The second-order valence-electron chi connectivity index (χ2n) is 4.48. The van der Waals surface area contributed by atoms with Crippen molar-refractivity contribution in [3.8, 4) is 0 Å². The van der Waals surface area contributed by atoms with Gasteiger partial charge in [0.1, 0.15) is 5.97 Å². The van der Waals surface area contributed by atoms with Gasteiger partial charge < -0.3 is 20.1 Å². The molecule has 0 spiro atoms. The van der Waals surface area contributed by atoms with E-state index in [1.165, 1.54) is 6.08 Å². The Kier molecular flexibility index (Phi) is 4.25. The summed E-state index contributed by atoms with van der Waals surface area (Å²) in [6, 6.07) is -0.680. The number of nitrogens with zero attached hydrogens (tertiary/aromatic N) is 1. The van der Waals surface area contributed by atoms with Gasteiger partial charge in [-0.3, -0.25) is 0 Å². The molecule has 0 bridgehead atoms.